The fraction of sp³-hybridized carbons (Fsp3) is 0.800. The van der Waals surface area contributed by atoms with E-state index in [0.29, 0.717) is 0 Å². The number of halogens is 1. The van der Waals surface area contributed by atoms with Crippen LogP contribution in [0, 0.1) is 5.92 Å². The topological polar surface area (TPSA) is 49.3 Å². The molecular formula is C5H10INO2. The summed E-state index contributed by atoms with van der Waals surface area (Å²) in [6.45, 7) is 3.73. The zero-order valence-electron chi connectivity index (χ0n) is 5.39. The molecule has 0 aliphatic carbocycles. The molecule has 0 unspecified atom stereocenters. The van der Waals surface area contributed by atoms with Crippen molar-refractivity contribution in [3.8, 4) is 0 Å². The molecule has 0 amide bonds. The Morgan fingerprint density at radius 2 is 2.11 bits per heavy atom. The summed E-state index contributed by atoms with van der Waals surface area (Å²) in [5, 5.41) is 8.48. The van der Waals surface area contributed by atoms with Gasteiger partial charge in [0.25, 0.3) is 0 Å². The maximum Gasteiger partial charge on any atom is 0.321 e. The number of carboxylic acids is 1. The van der Waals surface area contributed by atoms with Gasteiger partial charge in [-0.15, -0.1) is 0 Å². The van der Waals surface area contributed by atoms with Gasteiger partial charge < -0.3 is 5.11 Å². The van der Waals surface area contributed by atoms with Crippen LogP contribution in [0.5, 0.6) is 0 Å². The van der Waals surface area contributed by atoms with Crippen molar-refractivity contribution in [1.29, 1.82) is 0 Å². The molecule has 0 rings (SSSR count). The molecule has 54 valence electrons. The van der Waals surface area contributed by atoms with Crippen molar-refractivity contribution in [1.82, 2.24) is 3.53 Å². The second-order valence-electron chi connectivity index (χ2n) is 2.17. The summed E-state index contributed by atoms with van der Waals surface area (Å²) in [5.74, 6) is -0.654. The average molecular weight is 243 g/mol. The summed E-state index contributed by atoms with van der Waals surface area (Å²) >= 11 is 1.85. The lowest BCUT2D eigenvalue weighted by Gasteiger charge is -2.12. The molecular weight excluding hydrogens is 233 g/mol. The van der Waals surface area contributed by atoms with Crippen LogP contribution >= 0.6 is 22.9 Å². The van der Waals surface area contributed by atoms with Gasteiger partial charge in [0.2, 0.25) is 0 Å². The Morgan fingerprint density at radius 3 is 2.11 bits per heavy atom. The van der Waals surface area contributed by atoms with Gasteiger partial charge >= 0.3 is 5.97 Å². The first-order chi connectivity index (χ1) is 4.09. The Kier molecular flexibility index (Phi) is 4.12. The third-order valence-corrected chi connectivity index (χ3v) is 1.72. The zero-order valence-corrected chi connectivity index (χ0v) is 7.55. The van der Waals surface area contributed by atoms with Crippen LogP contribution in [0.1, 0.15) is 13.8 Å². The van der Waals surface area contributed by atoms with Crippen LogP contribution in [0.3, 0.4) is 0 Å². The number of nitrogens with one attached hydrogen (secondary N) is 1. The number of carboxylic acid groups (broad SMARTS) is 1. The lowest BCUT2D eigenvalue weighted by atomic mass is 10.1. The molecule has 0 aliphatic rings. The second-order valence-corrected chi connectivity index (χ2v) is 2.79. The molecule has 0 heterocycles. The lowest BCUT2D eigenvalue weighted by Crippen LogP contribution is -2.34. The fourth-order valence-electron chi connectivity index (χ4n) is 0.458. The lowest BCUT2D eigenvalue weighted by molar-refractivity contribution is -0.139. The Hall–Kier alpha value is 0.160. The van der Waals surface area contributed by atoms with E-state index in [9.17, 15) is 4.79 Å². The molecule has 0 spiro atoms. The van der Waals surface area contributed by atoms with Gasteiger partial charge in [0.05, 0.1) is 0 Å². The quantitative estimate of drug-likeness (QED) is 0.575. The highest BCUT2D eigenvalue weighted by molar-refractivity contribution is 14.1. The van der Waals surface area contributed by atoms with E-state index in [0.717, 1.165) is 0 Å². The predicted octanol–water partition coefficient (Wildman–Crippen LogP) is 1.04. The smallest absolute Gasteiger partial charge is 0.321 e. The minimum absolute atomic E-state index is 0.138. The van der Waals surface area contributed by atoms with Gasteiger partial charge in [-0.2, -0.15) is 0 Å². The van der Waals surface area contributed by atoms with E-state index < -0.39 is 12.0 Å². The van der Waals surface area contributed by atoms with Gasteiger partial charge in [-0.1, -0.05) is 13.8 Å². The summed E-state index contributed by atoms with van der Waals surface area (Å²) < 4.78 is 2.67. The highest BCUT2D eigenvalue weighted by Gasteiger charge is 2.18. The molecule has 1 atom stereocenters. The first-order valence-electron chi connectivity index (χ1n) is 2.68. The van der Waals surface area contributed by atoms with Gasteiger partial charge in [-0.05, 0) is 5.92 Å². The molecule has 0 fully saturated rings. The molecule has 0 aromatic heterocycles. The highest BCUT2D eigenvalue weighted by atomic mass is 127. The third kappa shape index (κ3) is 3.00. The standard InChI is InChI=1S/C5H10INO2/c1-3(2)4(7-6)5(8)9/h3-4,7H,1-2H3,(H,8,9)/t4-/m1/s1. The number of carbonyl (C=O) groups is 1. The van der Waals surface area contributed by atoms with E-state index >= 15 is 0 Å². The average Bonchev–Trinajstić information content (AvgIpc) is 1.64. The van der Waals surface area contributed by atoms with Crippen LogP contribution < -0.4 is 3.53 Å². The number of aliphatic carboxylic acids is 1. The first kappa shape index (κ1) is 9.16. The number of rotatable bonds is 3. The number of hydrogen-bond donors (Lipinski definition) is 2. The van der Waals surface area contributed by atoms with Crippen molar-refractivity contribution in [2.24, 2.45) is 5.92 Å². The molecule has 4 heteroatoms. The van der Waals surface area contributed by atoms with E-state index in [2.05, 4.69) is 3.53 Å². The molecule has 2 N–H and O–H groups in total. The third-order valence-electron chi connectivity index (χ3n) is 1.05. The van der Waals surface area contributed by atoms with Crippen molar-refractivity contribution in [2.45, 2.75) is 19.9 Å². The van der Waals surface area contributed by atoms with Crippen LogP contribution in [0.4, 0.5) is 0 Å². The molecule has 0 aromatic carbocycles. The van der Waals surface area contributed by atoms with Gasteiger partial charge in [-0.25, -0.2) is 3.53 Å². The summed E-state index contributed by atoms with van der Waals surface area (Å²) in [4.78, 5) is 10.3. The van der Waals surface area contributed by atoms with E-state index in [4.69, 9.17) is 5.11 Å². The maximum atomic E-state index is 10.3. The molecule has 0 aliphatic heterocycles. The van der Waals surface area contributed by atoms with Crippen molar-refractivity contribution in [2.75, 3.05) is 0 Å². The molecule has 0 saturated carbocycles. The van der Waals surface area contributed by atoms with Crippen LogP contribution in [0.15, 0.2) is 0 Å². The van der Waals surface area contributed by atoms with Gasteiger partial charge in [0, 0.05) is 22.9 Å². The maximum absolute atomic E-state index is 10.3. The van der Waals surface area contributed by atoms with Crippen LogP contribution in [0.2, 0.25) is 0 Å². The Balaban J connectivity index is 3.83. The van der Waals surface area contributed by atoms with Crippen LogP contribution in [0.25, 0.3) is 0 Å². The van der Waals surface area contributed by atoms with Crippen molar-refractivity contribution < 1.29 is 9.90 Å². The Morgan fingerprint density at radius 1 is 1.67 bits per heavy atom. The van der Waals surface area contributed by atoms with Crippen molar-refractivity contribution in [3.05, 3.63) is 0 Å². The van der Waals surface area contributed by atoms with Crippen LogP contribution in [-0.2, 0) is 4.79 Å². The van der Waals surface area contributed by atoms with Crippen molar-refractivity contribution >= 4 is 28.8 Å². The second kappa shape index (κ2) is 4.05. The van der Waals surface area contributed by atoms with Crippen LogP contribution in [-0.4, -0.2) is 17.1 Å². The molecule has 0 bridgehead atoms. The Bertz CT molecular complexity index is 105. The van der Waals surface area contributed by atoms with Gasteiger partial charge in [0.15, 0.2) is 0 Å². The molecule has 0 radical (unpaired) electrons. The molecule has 9 heavy (non-hydrogen) atoms. The number of hydrogen-bond acceptors (Lipinski definition) is 2. The van der Waals surface area contributed by atoms with Crippen molar-refractivity contribution in [3.63, 3.8) is 0 Å². The summed E-state index contributed by atoms with van der Waals surface area (Å²) in [6, 6.07) is -0.425. The molecule has 0 saturated heterocycles. The monoisotopic (exact) mass is 243 g/mol. The Labute approximate surface area is 68.3 Å². The van der Waals surface area contributed by atoms with Gasteiger partial charge in [0.1, 0.15) is 6.04 Å². The van der Waals surface area contributed by atoms with Gasteiger partial charge in [-0.3, -0.25) is 4.79 Å². The first-order valence-corrected chi connectivity index (χ1v) is 3.76. The normalized spacial score (nSPS) is 13.8. The van der Waals surface area contributed by atoms with E-state index in [-0.39, 0.29) is 5.92 Å². The van der Waals surface area contributed by atoms with E-state index in [1.807, 2.05) is 36.7 Å². The summed E-state index contributed by atoms with van der Waals surface area (Å²) in [6.07, 6.45) is 0. The van der Waals surface area contributed by atoms with E-state index in [1.165, 1.54) is 0 Å². The summed E-state index contributed by atoms with van der Waals surface area (Å²) in [5.41, 5.74) is 0. The highest BCUT2D eigenvalue weighted by Crippen LogP contribution is 2.02. The predicted molar refractivity (Wildman–Crippen MR) is 43.4 cm³/mol. The SMILES string of the molecule is CC(C)[C@@H](NI)C(=O)O. The largest absolute Gasteiger partial charge is 0.480 e. The summed E-state index contributed by atoms with van der Waals surface area (Å²) in [7, 11) is 0. The fourth-order valence-corrected chi connectivity index (χ4v) is 1.44. The zero-order chi connectivity index (χ0) is 7.44. The minimum atomic E-state index is -0.792. The van der Waals surface area contributed by atoms with E-state index in [1.54, 1.807) is 0 Å². The minimum Gasteiger partial charge on any atom is -0.480 e. The molecule has 3 nitrogen and oxygen atoms in total. The molecule has 0 aromatic rings.